The minimum Gasteiger partial charge on any atom is -0.396 e. The summed E-state index contributed by atoms with van der Waals surface area (Å²) >= 11 is 0. The summed E-state index contributed by atoms with van der Waals surface area (Å²) in [5, 5.41) is 13.7. The largest absolute Gasteiger partial charge is 0.396 e. The molecule has 2 aromatic heterocycles. The van der Waals surface area contributed by atoms with Crippen LogP contribution >= 0.6 is 0 Å². The van der Waals surface area contributed by atoms with Crippen molar-refractivity contribution in [1.82, 2.24) is 9.55 Å². The molecule has 1 aromatic carbocycles. The molecular formula is C23H28N4O2. The maximum Gasteiger partial charge on any atom is 0.251 e. The van der Waals surface area contributed by atoms with E-state index in [0.717, 1.165) is 42.5 Å². The van der Waals surface area contributed by atoms with Crippen molar-refractivity contribution in [2.24, 2.45) is 5.92 Å². The summed E-state index contributed by atoms with van der Waals surface area (Å²) in [6.07, 6.45) is 4.01. The van der Waals surface area contributed by atoms with Gasteiger partial charge in [-0.05, 0) is 62.9 Å². The second-order valence-electron chi connectivity index (χ2n) is 8.07. The van der Waals surface area contributed by atoms with Crippen LogP contribution in [0.5, 0.6) is 0 Å². The van der Waals surface area contributed by atoms with E-state index in [2.05, 4.69) is 27.3 Å². The summed E-state index contributed by atoms with van der Waals surface area (Å²) in [7, 11) is 0. The van der Waals surface area contributed by atoms with Crippen LogP contribution in [-0.2, 0) is 0 Å². The third-order valence-electron chi connectivity index (χ3n) is 5.61. The average molecular weight is 393 g/mol. The molecule has 0 radical (unpaired) electrons. The summed E-state index contributed by atoms with van der Waals surface area (Å²) in [6.45, 7) is 6.21. The molecule has 29 heavy (non-hydrogen) atoms. The molecule has 1 aliphatic rings. The lowest BCUT2D eigenvalue weighted by Crippen LogP contribution is -2.36. The van der Waals surface area contributed by atoms with Gasteiger partial charge in [0.05, 0.1) is 5.52 Å². The predicted octanol–water partition coefficient (Wildman–Crippen LogP) is 3.93. The Morgan fingerprint density at radius 3 is 2.72 bits per heavy atom. The second-order valence-corrected chi connectivity index (χ2v) is 8.07. The smallest absolute Gasteiger partial charge is 0.251 e. The zero-order valence-corrected chi connectivity index (χ0v) is 17.0. The van der Waals surface area contributed by atoms with E-state index in [-0.39, 0.29) is 18.2 Å². The van der Waals surface area contributed by atoms with Crippen molar-refractivity contribution in [2.45, 2.75) is 32.7 Å². The van der Waals surface area contributed by atoms with E-state index in [0.29, 0.717) is 11.7 Å². The highest BCUT2D eigenvalue weighted by atomic mass is 16.3. The molecule has 0 amide bonds. The Morgan fingerprint density at radius 2 is 2.00 bits per heavy atom. The molecule has 3 aromatic rings. The predicted molar refractivity (Wildman–Crippen MR) is 118 cm³/mol. The maximum atomic E-state index is 12.3. The topological polar surface area (TPSA) is 70.4 Å². The van der Waals surface area contributed by atoms with Gasteiger partial charge >= 0.3 is 0 Å². The Balaban J connectivity index is 1.55. The number of aromatic nitrogens is 2. The standard InChI is InChI=1S/C23H28N4O2/c1-16(2)27-21-12-22(24-13-18(21)5-10-23(27)29)25-19-6-8-20(9-7-19)26-11-3-4-17(14-26)15-28/h5-10,12-13,16-17,28H,3-4,11,14-15H2,1-2H3,(H,24,25). The molecule has 1 atom stereocenters. The number of anilines is 3. The van der Waals surface area contributed by atoms with Crippen molar-refractivity contribution in [3.8, 4) is 0 Å². The molecular weight excluding hydrogens is 364 g/mol. The number of hydrogen-bond donors (Lipinski definition) is 2. The van der Waals surface area contributed by atoms with Crippen LogP contribution in [-0.4, -0.2) is 34.4 Å². The number of aliphatic hydroxyl groups excluding tert-OH is 1. The second kappa shape index (κ2) is 8.25. The van der Waals surface area contributed by atoms with Gasteiger partial charge in [0.25, 0.3) is 5.56 Å². The summed E-state index contributed by atoms with van der Waals surface area (Å²) in [6, 6.07) is 13.7. The number of nitrogens with zero attached hydrogens (tertiary/aromatic N) is 3. The van der Waals surface area contributed by atoms with Crippen molar-refractivity contribution < 1.29 is 5.11 Å². The van der Waals surface area contributed by atoms with Crippen molar-refractivity contribution in [3.63, 3.8) is 0 Å². The normalized spacial score (nSPS) is 17.1. The fourth-order valence-corrected chi connectivity index (χ4v) is 4.11. The molecule has 1 aliphatic heterocycles. The van der Waals surface area contributed by atoms with Crippen LogP contribution in [0.3, 0.4) is 0 Å². The van der Waals surface area contributed by atoms with Crippen LogP contribution < -0.4 is 15.8 Å². The lowest BCUT2D eigenvalue weighted by molar-refractivity contribution is 0.209. The number of pyridine rings is 2. The lowest BCUT2D eigenvalue weighted by atomic mass is 9.98. The van der Waals surface area contributed by atoms with Gasteiger partial charge in [-0.3, -0.25) is 4.79 Å². The van der Waals surface area contributed by atoms with Crippen LogP contribution in [0.4, 0.5) is 17.2 Å². The van der Waals surface area contributed by atoms with E-state index >= 15 is 0 Å². The van der Waals surface area contributed by atoms with E-state index in [1.807, 2.05) is 38.1 Å². The van der Waals surface area contributed by atoms with E-state index in [1.54, 1.807) is 16.8 Å². The Labute approximate surface area is 170 Å². The minimum atomic E-state index is -0.00304. The van der Waals surface area contributed by atoms with Gasteiger partial charge in [-0.15, -0.1) is 0 Å². The van der Waals surface area contributed by atoms with Gasteiger partial charge in [-0.1, -0.05) is 0 Å². The molecule has 0 spiro atoms. The van der Waals surface area contributed by atoms with Crippen LogP contribution in [0, 0.1) is 5.92 Å². The molecule has 0 aliphatic carbocycles. The van der Waals surface area contributed by atoms with Crippen LogP contribution in [0.15, 0.2) is 53.5 Å². The first-order valence-electron chi connectivity index (χ1n) is 10.3. The average Bonchev–Trinajstić information content (AvgIpc) is 2.74. The highest BCUT2D eigenvalue weighted by Gasteiger charge is 2.19. The van der Waals surface area contributed by atoms with Gasteiger partial charge in [0.1, 0.15) is 5.82 Å². The van der Waals surface area contributed by atoms with Crippen LogP contribution in [0.2, 0.25) is 0 Å². The molecule has 1 unspecified atom stereocenters. The van der Waals surface area contributed by atoms with Gasteiger partial charge in [0, 0.05) is 60.8 Å². The number of benzene rings is 1. The van der Waals surface area contributed by atoms with E-state index in [9.17, 15) is 9.90 Å². The molecule has 1 fully saturated rings. The number of nitrogens with one attached hydrogen (secondary N) is 1. The highest BCUT2D eigenvalue weighted by molar-refractivity contribution is 5.81. The zero-order chi connectivity index (χ0) is 20.4. The molecule has 1 saturated heterocycles. The molecule has 2 N–H and O–H groups in total. The number of aliphatic hydroxyl groups is 1. The summed E-state index contributed by atoms with van der Waals surface area (Å²) < 4.78 is 1.79. The maximum absolute atomic E-state index is 12.3. The Hall–Kier alpha value is -2.86. The Bertz CT molecular complexity index is 1040. The first-order chi connectivity index (χ1) is 14.0. The number of piperidine rings is 1. The van der Waals surface area contributed by atoms with E-state index < -0.39 is 0 Å². The van der Waals surface area contributed by atoms with E-state index in [4.69, 9.17) is 0 Å². The van der Waals surface area contributed by atoms with Gasteiger partial charge in [-0.25, -0.2) is 4.98 Å². The number of hydrogen-bond acceptors (Lipinski definition) is 5. The Kier molecular flexibility index (Phi) is 5.53. The van der Waals surface area contributed by atoms with Crippen LogP contribution in [0.1, 0.15) is 32.7 Å². The van der Waals surface area contributed by atoms with Crippen molar-refractivity contribution in [3.05, 3.63) is 59.0 Å². The van der Waals surface area contributed by atoms with Crippen molar-refractivity contribution in [2.75, 3.05) is 29.9 Å². The zero-order valence-electron chi connectivity index (χ0n) is 17.0. The molecule has 6 nitrogen and oxygen atoms in total. The first-order valence-corrected chi connectivity index (χ1v) is 10.3. The van der Waals surface area contributed by atoms with Gasteiger partial charge in [-0.2, -0.15) is 0 Å². The van der Waals surface area contributed by atoms with E-state index in [1.165, 1.54) is 5.69 Å². The summed E-state index contributed by atoms with van der Waals surface area (Å²) in [5.41, 5.74) is 3.00. The summed E-state index contributed by atoms with van der Waals surface area (Å²) in [5.74, 6) is 1.07. The third kappa shape index (κ3) is 4.12. The van der Waals surface area contributed by atoms with Gasteiger partial charge < -0.3 is 19.9 Å². The molecule has 6 heteroatoms. The molecule has 152 valence electrons. The Morgan fingerprint density at radius 1 is 1.21 bits per heavy atom. The molecule has 0 bridgehead atoms. The fourth-order valence-electron chi connectivity index (χ4n) is 4.11. The SMILES string of the molecule is CC(C)n1c(=O)ccc2cnc(Nc3ccc(N4CCCC(CO)C4)cc3)cc21. The first kappa shape index (κ1) is 19.5. The monoisotopic (exact) mass is 392 g/mol. The number of fused-ring (bicyclic) bond motifs is 1. The third-order valence-corrected chi connectivity index (χ3v) is 5.61. The quantitative estimate of drug-likeness (QED) is 0.688. The fraction of sp³-hybridized carbons (Fsp3) is 0.391. The molecule has 0 saturated carbocycles. The van der Waals surface area contributed by atoms with Crippen molar-refractivity contribution >= 4 is 28.1 Å². The number of rotatable bonds is 5. The summed E-state index contributed by atoms with van der Waals surface area (Å²) in [4.78, 5) is 19.1. The lowest BCUT2D eigenvalue weighted by Gasteiger charge is -2.33. The molecule has 4 rings (SSSR count). The van der Waals surface area contributed by atoms with Crippen molar-refractivity contribution in [1.29, 1.82) is 0 Å². The van der Waals surface area contributed by atoms with Gasteiger partial charge in [0.15, 0.2) is 0 Å². The minimum absolute atomic E-state index is 0.00304. The highest BCUT2D eigenvalue weighted by Crippen LogP contribution is 2.26. The molecule has 3 heterocycles. The van der Waals surface area contributed by atoms with Gasteiger partial charge in [0.2, 0.25) is 0 Å². The van der Waals surface area contributed by atoms with Crippen LogP contribution in [0.25, 0.3) is 10.9 Å².